The molecule has 0 saturated carbocycles. The maximum Gasteiger partial charge on any atom is 0.161 e. The van der Waals surface area contributed by atoms with E-state index in [-0.39, 0.29) is 5.78 Å². The number of Topliss-reactive ketones (excluding diaryl/α,β-unsaturated/α-hetero) is 1. The molecule has 0 fully saturated rings. The first kappa shape index (κ1) is 14.6. The first-order chi connectivity index (χ1) is 8.32. The Hall–Kier alpha value is -1.51. The highest BCUT2D eigenvalue weighted by Gasteiger charge is 2.13. The van der Waals surface area contributed by atoms with E-state index in [9.17, 15) is 4.79 Å². The zero-order chi connectivity index (χ0) is 13.9. The fourth-order valence-corrected chi connectivity index (χ4v) is 2.18. The molecule has 1 aromatic carbocycles. The molecule has 1 aromatic rings. The fraction of sp³-hybridized carbons (Fsp3) is 0.533. The van der Waals surface area contributed by atoms with E-state index in [4.69, 9.17) is 5.73 Å². The Balaban J connectivity index is 2.90. The second kappa shape index (κ2) is 5.89. The highest BCUT2D eigenvalue weighted by molar-refractivity contribution is 5.99. The topological polar surface area (TPSA) is 46.3 Å². The summed E-state index contributed by atoms with van der Waals surface area (Å²) in [7, 11) is 2.06. The summed E-state index contributed by atoms with van der Waals surface area (Å²) in [5.41, 5.74) is 8.13. The summed E-state index contributed by atoms with van der Waals surface area (Å²) in [6, 6.07) is 6.11. The van der Waals surface area contributed by atoms with Gasteiger partial charge in [-0.1, -0.05) is 13.8 Å². The molecule has 0 bridgehead atoms. The van der Waals surface area contributed by atoms with Crippen molar-refractivity contribution in [2.75, 3.05) is 17.7 Å². The van der Waals surface area contributed by atoms with Crippen LogP contribution >= 0.6 is 0 Å². The van der Waals surface area contributed by atoms with Gasteiger partial charge in [0.15, 0.2) is 5.78 Å². The smallest absolute Gasteiger partial charge is 0.161 e. The van der Waals surface area contributed by atoms with E-state index in [0.29, 0.717) is 23.2 Å². The molecule has 0 radical (unpaired) electrons. The van der Waals surface area contributed by atoms with Crippen molar-refractivity contribution in [1.29, 1.82) is 0 Å². The van der Waals surface area contributed by atoms with Crippen LogP contribution in [0.1, 0.15) is 44.5 Å². The molecule has 100 valence electrons. The van der Waals surface area contributed by atoms with Gasteiger partial charge in [0.2, 0.25) is 0 Å². The number of rotatable bonds is 5. The number of anilines is 2. The maximum atomic E-state index is 11.3. The molecule has 0 saturated heterocycles. The summed E-state index contributed by atoms with van der Waals surface area (Å²) in [5.74, 6) is 0.674. The minimum atomic E-state index is 0.0110. The van der Waals surface area contributed by atoms with Crippen molar-refractivity contribution in [3.05, 3.63) is 23.8 Å². The molecule has 1 unspecified atom stereocenters. The highest BCUT2D eigenvalue weighted by Crippen LogP contribution is 2.24. The van der Waals surface area contributed by atoms with Crippen molar-refractivity contribution in [1.82, 2.24) is 0 Å². The molecule has 3 heteroatoms. The first-order valence-corrected chi connectivity index (χ1v) is 6.46. The van der Waals surface area contributed by atoms with Crippen molar-refractivity contribution in [3.8, 4) is 0 Å². The van der Waals surface area contributed by atoms with Gasteiger partial charge in [0, 0.05) is 30.0 Å². The van der Waals surface area contributed by atoms with Gasteiger partial charge < -0.3 is 10.6 Å². The number of carbonyl (C=O) groups excluding carboxylic acids is 1. The number of nitrogens with zero attached hydrogens (tertiary/aromatic N) is 1. The Morgan fingerprint density at radius 3 is 2.39 bits per heavy atom. The standard InChI is InChI=1S/C15H24N2O/c1-10(2)8-11(3)17(5)13-6-7-14(12(4)18)15(16)9-13/h6-7,9-11H,8,16H2,1-5H3. The van der Waals surface area contributed by atoms with Gasteiger partial charge in [-0.25, -0.2) is 0 Å². The highest BCUT2D eigenvalue weighted by atomic mass is 16.1. The molecule has 1 rings (SSSR count). The molecule has 0 aliphatic rings. The van der Waals surface area contributed by atoms with E-state index in [1.54, 1.807) is 0 Å². The van der Waals surface area contributed by atoms with Gasteiger partial charge in [0.05, 0.1) is 0 Å². The summed E-state index contributed by atoms with van der Waals surface area (Å²) in [6.07, 6.45) is 1.13. The number of hydrogen-bond acceptors (Lipinski definition) is 3. The van der Waals surface area contributed by atoms with Gasteiger partial charge in [-0.15, -0.1) is 0 Å². The van der Waals surface area contributed by atoms with Crippen LogP contribution in [0.15, 0.2) is 18.2 Å². The maximum absolute atomic E-state index is 11.3. The molecule has 0 aliphatic carbocycles. The van der Waals surface area contributed by atoms with Crippen molar-refractivity contribution < 1.29 is 4.79 Å². The van der Waals surface area contributed by atoms with E-state index >= 15 is 0 Å². The minimum Gasteiger partial charge on any atom is -0.398 e. The SMILES string of the molecule is CC(=O)c1ccc(N(C)C(C)CC(C)C)cc1N. The van der Waals surface area contributed by atoms with Crippen LogP contribution < -0.4 is 10.6 Å². The Morgan fingerprint density at radius 1 is 1.33 bits per heavy atom. The third kappa shape index (κ3) is 3.49. The first-order valence-electron chi connectivity index (χ1n) is 6.46. The lowest BCUT2D eigenvalue weighted by atomic mass is 10.0. The summed E-state index contributed by atoms with van der Waals surface area (Å²) in [6.45, 7) is 8.18. The normalized spacial score (nSPS) is 12.6. The van der Waals surface area contributed by atoms with Gasteiger partial charge in [-0.05, 0) is 44.4 Å². The van der Waals surface area contributed by atoms with Crippen molar-refractivity contribution in [3.63, 3.8) is 0 Å². The van der Waals surface area contributed by atoms with E-state index in [1.165, 1.54) is 6.92 Å². The number of hydrogen-bond donors (Lipinski definition) is 1. The lowest BCUT2D eigenvalue weighted by molar-refractivity contribution is 0.101. The zero-order valence-electron chi connectivity index (χ0n) is 12.0. The van der Waals surface area contributed by atoms with E-state index in [0.717, 1.165) is 12.1 Å². The Bertz CT molecular complexity index is 427. The van der Waals surface area contributed by atoms with Crippen LogP contribution in [0, 0.1) is 5.92 Å². The average molecular weight is 248 g/mol. The second-order valence-corrected chi connectivity index (χ2v) is 5.42. The van der Waals surface area contributed by atoms with Gasteiger partial charge in [-0.3, -0.25) is 4.79 Å². The van der Waals surface area contributed by atoms with Crippen LogP contribution in [0.4, 0.5) is 11.4 Å². The molecule has 3 nitrogen and oxygen atoms in total. The Kier molecular flexibility index (Phi) is 4.76. The number of benzene rings is 1. The summed E-state index contributed by atoms with van der Waals surface area (Å²) >= 11 is 0. The second-order valence-electron chi connectivity index (χ2n) is 5.42. The summed E-state index contributed by atoms with van der Waals surface area (Å²) in [5, 5.41) is 0. The number of ketones is 1. The van der Waals surface area contributed by atoms with Gasteiger partial charge in [-0.2, -0.15) is 0 Å². The predicted octanol–water partition coefficient (Wildman–Crippen LogP) is 3.34. The van der Waals surface area contributed by atoms with Gasteiger partial charge in [0.25, 0.3) is 0 Å². The lowest BCUT2D eigenvalue weighted by Crippen LogP contribution is -2.30. The summed E-state index contributed by atoms with van der Waals surface area (Å²) in [4.78, 5) is 13.5. The third-order valence-electron chi connectivity index (χ3n) is 3.30. The monoisotopic (exact) mass is 248 g/mol. The largest absolute Gasteiger partial charge is 0.398 e. The molecule has 0 amide bonds. The molecule has 18 heavy (non-hydrogen) atoms. The van der Waals surface area contributed by atoms with Crippen LogP contribution in [0.5, 0.6) is 0 Å². The van der Waals surface area contributed by atoms with Crippen LogP contribution in [0.25, 0.3) is 0 Å². The molecule has 2 N–H and O–H groups in total. The van der Waals surface area contributed by atoms with Crippen LogP contribution in [0.2, 0.25) is 0 Å². The average Bonchev–Trinajstić information content (AvgIpc) is 2.26. The Morgan fingerprint density at radius 2 is 1.94 bits per heavy atom. The fourth-order valence-electron chi connectivity index (χ4n) is 2.18. The van der Waals surface area contributed by atoms with Crippen LogP contribution in [0.3, 0.4) is 0 Å². The zero-order valence-corrected chi connectivity index (χ0v) is 12.0. The number of nitrogen functional groups attached to an aromatic ring is 1. The molecule has 1 atom stereocenters. The number of carbonyl (C=O) groups is 1. The predicted molar refractivity (Wildman–Crippen MR) is 78.2 cm³/mol. The van der Waals surface area contributed by atoms with Crippen molar-refractivity contribution in [2.45, 2.75) is 40.2 Å². The van der Waals surface area contributed by atoms with Crippen LogP contribution in [-0.2, 0) is 0 Å². The van der Waals surface area contributed by atoms with Gasteiger partial charge >= 0.3 is 0 Å². The number of nitrogens with two attached hydrogens (primary N) is 1. The third-order valence-corrected chi connectivity index (χ3v) is 3.30. The van der Waals surface area contributed by atoms with E-state index < -0.39 is 0 Å². The minimum absolute atomic E-state index is 0.0110. The van der Waals surface area contributed by atoms with E-state index in [2.05, 4.69) is 32.7 Å². The molecule has 0 aliphatic heterocycles. The molecule has 0 heterocycles. The molecule has 0 aromatic heterocycles. The molecular formula is C15H24N2O. The summed E-state index contributed by atoms with van der Waals surface area (Å²) < 4.78 is 0. The lowest BCUT2D eigenvalue weighted by Gasteiger charge is -2.28. The van der Waals surface area contributed by atoms with Gasteiger partial charge in [0.1, 0.15) is 0 Å². The Labute approximate surface area is 110 Å². The quantitative estimate of drug-likeness (QED) is 0.642. The van der Waals surface area contributed by atoms with E-state index in [1.807, 2.05) is 18.2 Å². The van der Waals surface area contributed by atoms with Crippen molar-refractivity contribution >= 4 is 17.2 Å². The van der Waals surface area contributed by atoms with Crippen LogP contribution in [-0.4, -0.2) is 18.9 Å². The molecule has 0 spiro atoms. The molecular weight excluding hydrogens is 224 g/mol. The van der Waals surface area contributed by atoms with Crippen molar-refractivity contribution in [2.24, 2.45) is 5.92 Å².